The van der Waals surface area contributed by atoms with Gasteiger partial charge in [0.15, 0.2) is 0 Å². The van der Waals surface area contributed by atoms with Crippen molar-refractivity contribution >= 4 is 17.8 Å². The number of nitrogens with one attached hydrogen (secondary N) is 1. The lowest BCUT2D eigenvalue weighted by Crippen LogP contribution is -2.17. The minimum Gasteiger partial charge on any atom is -0.497 e. The van der Waals surface area contributed by atoms with E-state index in [1.54, 1.807) is 19.2 Å². The average Bonchev–Trinajstić information content (AvgIpc) is 2.63. The van der Waals surface area contributed by atoms with Crippen molar-refractivity contribution in [2.45, 2.75) is 19.3 Å². The van der Waals surface area contributed by atoms with Crippen molar-refractivity contribution in [1.82, 2.24) is 5.43 Å². The summed E-state index contributed by atoms with van der Waals surface area (Å²) >= 11 is 0. The Morgan fingerprint density at radius 3 is 2.48 bits per heavy atom. The highest BCUT2D eigenvalue weighted by atomic mass is 16.6. The minimum absolute atomic E-state index is 0.0136. The lowest BCUT2D eigenvalue weighted by molar-refractivity contribution is -0.384. The molecule has 0 aliphatic heterocycles. The van der Waals surface area contributed by atoms with Crippen LogP contribution in [0.2, 0.25) is 0 Å². The highest BCUT2D eigenvalue weighted by Gasteiger charge is 2.03. The molecule has 0 aromatic heterocycles. The van der Waals surface area contributed by atoms with E-state index in [1.807, 2.05) is 24.3 Å². The van der Waals surface area contributed by atoms with Gasteiger partial charge >= 0.3 is 0 Å². The van der Waals surface area contributed by atoms with Crippen molar-refractivity contribution in [3.05, 3.63) is 69.8 Å². The second-order valence-corrected chi connectivity index (χ2v) is 5.34. The van der Waals surface area contributed by atoms with Gasteiger partial charge in [-0.3, -0.25) is 14.9 Å². The lowest BCUT2D eigenvalue weighted by atomic mass is 10.1. The molecule has 7 heteroatoms. The van der Waals surface area contributed by atoms with Gasteiger partial charge in [-0.25, -0.2) is 5.43 Å². The van der Waals surface area contributed by atoms with E-state index < -0.39 is 4.92 Å². The lowest BCUT2D eigenvalue weighted by Gasteiger charge is -2.03. The van der Waals surface area contributed by atoms with Gasteiger partial charge in [-0.15, -0.1) is 0 Å². The molecule has 0 saturated carbocycles. The molecule has 0 bridgehead atoms. The number of carbonyl (C=O) groups excluding carboxylic acids is 1. The number of nitrogens with zero attached hydrogens (tertiary/aromatic N) is 2. The van der Waals surface area contributed by atoms with Crippen molar-refractivity contribution in [2.75, 3.05) is 7.11 Å². The number of nitro groups is 1. The maximum absolute atomic E-state index is 11.7. The largest absolute Gasteiger partial charge is 0.497 e. The topological polar surface area (TPSA) is 93.8 Å². The molecule has 1 N–H and O–H groups in total. The zero-order chi connectivity index (χ0) is 18.1. The van der Waals surface area contributed by atoms with E-state index in [0.29, 0.717) is 18.4 Å². The molecule has 2 aromatic rings. The van der Waals surface area contributed by atoms with Gasteiger partial charge in [0, 0.05) is 18.6 Å². The molecule has 0 saturated heterocycles. The number of aryl methyl sites for hydroxylation is 1. The number of ether oxygens (including phenoxy) is 1. The summed E-state index contributed by atoms with van der Waals surface area (Å²) in [5.74, 6) is 0.633. The van der Waals surface area contributed by atoms with Crippen LogP contribution in [0.1, 0.15) is 24.0 Å². The summed E-state index contributed by atoms with van der Waals surface area (Å²) in [7, 11) is 1.62. The van der Waals surface area contributed by atoms with Crippen molar-refractivity contribution in [1.29, 1.82) is 0 Å². The Labute approximate surface area is 145 Å². The van der Waals surface area contributed by atoms with Crippen LogP contribution in [0, 0.1) is 10.1 Å². The van der Waals surface area contributed by atoms with Gasteiger partial charge in [0.1, 0.15) is 5.75 Å². The van der Waals surface area contributed by atoms with Crippen LogP contribution in [0.5, 0.6) is 5.75 Å². The number of hydrazone groups is 1. The van der Waals surface area contributed by atoms with Crippen LogP contribution in [-0.2, 0) is 11.2 Å². The van der Waals surface area contributed by atoms with Crippen molar-refractivity contribution in [3.63, 3.8) is 0 Å². The number of non-ortho nitro benzene ring substituents is 1. The first kappa shape index (κ1) is 18.1. The molecular formula is C18H19N3O4. The van der Waals surface area contributed by atoms with Crippen molar-refractivity contribution in [2.24, 2.45) is 5.10 Å². The SMILES string of the molecule is COc1ccc(CCCC(=O)N/N=C/c2ccc([N+](=O)[O-])cc2)cc1. The Morgan fingerprint density at radius 2 is 1.88 bits per heavy atom. The molecule has 0 radical (unpaired) electrons. The van der Waals surface area contributed by atoms with Gasteiger partial charge in [-0.1, -0.05) is 12.1 Å². The standard InChI is InChI=1S/C18H19N3O4/c1-25-17-11-7-14(8-12-17)3-2-4-18(22)20-19-13-15-5-9-16(10-6-15)21(23)24/h5-13H,2-4H2,1H3,(H,20,22)/b19-13+. The number of benzene rings is 2. The van der Waals surface area contributed by atoms with Crippen LogP contribution in [0.4, 0.5) is 5.69 Å². The molecular weight excluding hydrogens is 322 g/mol. The predicted molar refractivity (Wildman–Crippen MR) is 94.8 cm³/mol. The summed E-state index contributed by atoms with van der Waals surface area (Å²) in [5.41, 5.74) is 4.28. The Balaban J connectivity index is 1.71. The third-order valence-electron chi connectivity index (χ3n) is 3.54. The Kier molecular flexibility index (Phi) is 6.65. The molecule has 0 fully saturated rings. The zero-order valence-electron chi connectivity index (χ0n) is 13.8. The molecule has 0 aliphatic carbocycles. The van der Waals surface area contributed by atoms with Crippen molar-refractivity contribution in [3.8, 4) is 5.75 Å². The fourth-order valence-electron chi connectivity index (χ4n) is 2.16. The maximum atomic E-state index is 11.7. The molecule has 2 aromatic carbocycles. The summed E-state index contributed by atoms with van der Waals surface area (Å²) < 4.78 is 5.10. The van der Waals surface area contributed by atoms with Crippen LogP contribution in [0.3, 0.4) is 0 Å². The van der Waals surface area contributed by atoms with E-state index in [2.05, 4.69) is 10.5 Å². The van der Waals surface area contributed by atoms with Gasteiger partial charge in [0.05, 0.1) is 18.2 Å². The molecule has 0 spiro atoms. The van der Waals surface area contributed by atoms with E-state index >= 15 is 0 Å². The summed E-state index contributed by atoms with van der Waals surface area (Å²) in [6, 6.07) is 13.6. The van der Waals surface area contributed by atoms with E-state index in [9.17, 15) is 14.9 Å². The van der Waals surface area contributed by atoms with Crippen LogP contribution in [0.15, 0.2) is 53.6 Å². The molecule has 7 nitrogen and oxygen atoms in total. The van der Waals surface area contributed by atoms with E-state index in [0.717, 1.165) is 17.7 Å². The number of amides is 1. The van der Waals surface area contributed by atoms with Crippen LogP contribution < -0.4 is 10.2 Å². The molecule has 25 heavy (non-hydrogen) atoms. The Morgan fingerprint density at radius 1 is 1.20 bits per heavy atom. The van der Waals surface area contributed by atoms with Gasteiger partial charge in [0.2, 0.25) is 5.91 Å². The quantitative estimate of drug-likeness (QED) is 0.453. The first-order valence-electron chi connectivity index (χ1n) is 7.78. The summed E-state index contributed by atoms with van der Waals surface area (Å²) in [4.78, 5) is 21.8. The molecule has 0 atom stereocenters. The Bertz CT molecular complexity index is 740. The smallest absolute Gasteiger partial charge is 0.269 e. The second kappa shape index (κ2) is 9.17. The zero-order valence-corrected chi connectivity index (χ0v) is 13.8. The van der Waals surface area contributed by atoms with Crippen LogP contribution in [0.25, 0.3) is 0 Å². The summed E-state index contributed by atoms with van der Waals surface area (Å²) in [6.45, 7) is 0. The number of rotatable bonds is 8. The minimum atomic E-state index is -0.467. The van der Waals surface area contributed by atoms with Gasteiger partial charge in [-0.05, 0) is 48.2 Å². The Hall–Kier alpha value is -3.22. The molecule has 1 amide bonds. The predicted octanol–water partition coefficient (Wildman–Crippen LogP) is 3.08. The first-order valence-corrected chi connectivity index (χ1v) is 7.78. The van der Waals surface area contributed by atoms with Crippen molar-refractivity contribution < 1.29 is 14.5 Å². The maximum Gasteiger partial charge on any atom is 0.269 e. The molecule has 0 unspecified atom stereocenters. The van der Waals surface area contributed by atoms with E-state index in [4.69, 9.17) is 4.74 Å². The fourth-order valence-corrected chi connectivity index (χ4v) is 2.16. The van der Waals surface area contributed by atoms with E-state index in [-0.39, 0.29) is 11.6 Å². The third kappa shape index (κ3) is 6.06. The number of methoxy groups -OCH3 is 1. The first-order chi connectivity index (χ1) is 12.1. The van der Waals surface area contributed by atoms with Crippen LogP contribution in [-0.4, -0.2) is 24.2 Å². The summed E-state index contributed by atoms with van der Waals surface area (Å²) in [5, 5.41) is 14.4. The molecule has 2 rings (SSSR count). The molecule has 130 valence electrons. The van der Waals surface area contributed by atoms with Crippen LogP contribution >= 0.6 is 0 Å². The molecule has 0 heterocycles. The molecule has 0 aliphatic rings. The number of nitro benzene ring substituents is 1. The highest BCUT2D eigenvalue weighted by molar-refractivity contribution is 5.82. The third-order valence-corrected chi connectivity index (χ3v) is 3.54. The second-order valence-electron chi connectivity index (χ2n) is 5.34. The average molecular weight is 341 g/mol. The van der Waals surface area contributed by atoms with Gasteiger partial charge in [-0.2, -0.15) is 5.10 Å². The normalized spacial score (nSPS) is 10.6. The fraction of sp³-hybridized carbons (Fsp3) is 0.222. The highest BCUT2D eigenvalue weighted by Crippen LogP contribution is 2.13. The number of hydrogen-bond acceptors (Lipinski definition) is 5. The number of carbonyl (C=O) groups is 1. The summed E-state index contributed by atoms with van der Waals surface area (Å²) in [6.07, 6.45) is 3.32. The van der Waals surface area contributed by atoms with Gasteiger partial charge in [0.25, 0.3) is 5.69 Å². The van der Waals surface area contributed by atoms with E-state index in [1.165, 1.54) is 18.3 Å². The van der Waals surface area contributed by atoms with Gasteiger partial charge < -0.3 is 4.74 Å². The monoisotopic (exact) mass is 341 g/mol. The number of hydrogen-bond donors (Lipinski definition) is 1.